The lowest BCUT2D eigenvalue weighted by molar-refractivity contribution is -0.890. The number of amides is 1. The molecule has 1 amide bonds. The van der Waals surface area contributed by atoms with E-state index in [2.05, 4.69) is 26.3 Å². The van der Waals surface area contributed by atoms with Gasteiger partial charge in [-0.05, 0) is 56.2 Å². The molecule has 7 nitrogen and oxygen atoms in total. The van der Waals surface area contributed by atoms with Crippen LogP contribution in [0.25, 0.3) is 0 Å². The third-order valence-electron chi connectivity index (χ3n) is 7.30. The van der Waals surface area contributed by atoms with Crippen molar-refractivity contribution < 1.29 is 22.2 Å². The molecule has 0 aliphatic heterocycles. The van der Waals surface area contributed by atoms with Crippen LogP contribution in [0, 0.1) is 6.92 Å². The summed E-state index contributed by atoms with van der Waals surface area (Å²) in [6.45, 7) is 7.18. The summed E-state index contributed by atoms with van der Waals surface area (Å²) in [5.74, 6) is 0.0281. The molecule has 8 heteroatoms. The molecule has 41 heavy (non-hydrogen) atoms. The molecule has 2 aromatic rings. The lowest BCUT2D eigenvalue weighted by Crippen LogP contribution is -2.42. The lowest BCUT2D eigenvalue weighted by atomic mass is 10.1. The summed E-state index contributed by atoms with van der Waals surface area (Å²) < 4.78 is 32.2. The normalized spacial score (nSPS) is 11.5. The van der Waals surface area contributed by atoms with Crippen molar-refractivity contribution in [2.45, 2.75) is 89.4 Å². The van der Waals surface area contributed by atoms with Gasteiger partial charge in [0.05, 0.1) is 32.1 Å². The summed E-state index contributed by atoms with van der Waals surface area (Å²) in [5.41, 5.74) is 2.77. The quantitative estimate of drug-likeness (QED) is 0.118. The van der Waals surface area contributed by atoms with Gasteiger partial charge in [0.15, 0.2) is 0 Å². The molecule has 2 aromatic carbocycles. The van der Waals surface area contributed by atoms with Crippen molar-refractivity contribution in [3.05, 3.63) is 59.7 Å². The van der Waals surface area contributed by atoms with E-state index in [0.717, 1.165) is 40.8 Å². The smallest absolute Gasteiger partial charge is 0.251 e. The molecule has 0 bridgehead atoms. The van der Waals surface area contributed by atoms with E-state index in [9.17, 15) is 17.8 Å². The monoisotopic (exact) mass is 589 g/mol. The Labute approximate surface area is 250 Å². The second-order valence-electron chi connectivity index (χ2n) is 11.9. The maximum absolute atomic E-state index is 12.3. The van der Waals surface area contributed by atoms with Crippen LogP contribution in [-0.4, -0.2) is 71.2 Å². The first kappa shape index (κ1) is 36.6. The molecule has 0 fully saturated rings. The molecule has 0 spiro atoms. The van der Waals surface area contributed by atoms with Crippen LogP contribution < -0.4 is 10.2 Å². The lowest BCUT2D eigenvalue weighted by Gasteiger charge is -2.30. The van der Waals surface area contributed by atoms with Crippen LogP contribution in [0.1, 0.15) is 93.5 Å². The molecular weight excluding hydrogens is 534 g/mol. The van der Waals surface area contributed by atoms with Crippen LogP contribution in [-0.2, 0) is 10.1 Å². The van der Waals surface area contributed by atoms with Gasteiger partial charge in [-0.25, -0.2) is 8.42 Å². The van der Waals surface area contributed by atoms with Crippen LogP contribution >= 0.6 is 0 Å². The highest BCUT2D eigenvalue weighted by atomic mass is 32.2. The largest absolute Gasteiger partial charge is 0.744 e. The summed E-state index contributed by atoms with van der Waals surface area (Å²) in [6, 6.07) is 13.6. The van der Waals surface area contributed by atoms with Crippen molar-refractivity contribution >= 4 is 21.7 Å². The molecule has 232 valence electrons. The zero-order chi connectivity index (χ0) is 30.7. The van der Waals surface area contributed by atoms with E-state index >= 15 is 0 Å². The number of rotatable bonds is 18. The van der Waals surface area contributed by atoms with Gasteiger partial charge in [0.2, 0.25) is 0 Å². The fourth-order valence-electron chi connectivity index (χ4n) is 4.57. The van der Waals surface area contributed by atoms with Crippen molar-refractivity contribution in [1.29, 1.82) is 0 Å². The van der Waals surface area contributed by atoms with Gasteiger partial charge in [-0.15, -0.1) is 0 Å². The van der Waals surface area contributed by atoms with Gasteiger partial charge in [-0.1, -0.05) is 76.0 Å². The zero-order valence-corrected chi connectivity index (χ0v) is 27.3. The molecule has 0 radical (unpaired) electrons. The molecule has 0 aliphatic rings. The second kappa shape index (κ2) is 19.7. The number of hydrogen-bond acceptors (Lipinski definition) is 5. The van der Waals surface area contributed by atoms with E-state index in [1.165, 1.54) is 82.9 Å². The summed E-state index contributed by atoms with van der Waals surface area (Å²) >= 11 is 0. The summed E-state index contributed by atoms with van der Waals surface area (Å²) in [6.07, 6.45) is 14.9. The molecule has 0 saturated heterocycles. The highest BCUT2D eigenvalue weighted by molar-refractivity contribution is 7.85. The number of nitrogens with zero attached hydrogens (tertiary/aromatic N) is 2. The fourth-order valence-corrected chi connectivity index (χ4v) is 5.04. The van der Waals surface area contributed by atoms with Gasteiger partial charge in [-0.3, -0.25) is 4.79 Å². The van der Waals surface area contributed by atoms with Crippen LogP contribution in [0.5, 0.6) is 0 Å². The Morgan fingerprint density at radius 3 is 1.76 bits per heavy atom. The van der Waals surface area contributed by atoms with Gasteiger partial charge < -0.3 is 19.3 Å². The summed E-state index contributed by atoms with van der Waals surface area (Å²) in [5, 5.41) is 3.07. The number of carbonyl (C=O) groups excluding carboxylic acids is 1. The Hall–Kier alpha value is -2.42. The Bertz CT molecular complexity index is 1080. The fraction of sp³-hybridized carbons (Fsp3) is 0.606. The average Bonchev–Trinajstić information content (AvgIpc) is 2.92. The molecule has 0 aromatic heterocycles. The molecule has 0 aliphatic carbocycles. The Balaban J connectivity index is 0.000000634. The molecule has 2 rings (SSSR count). The predicted molar refractivity (Wildman–Crippen MR) is 171 cm³/mol. The van der Waals surface area contributed by atoms with Crippen LogP contribution in [0.2, 0.25) is 0 Å². The van der Waals surface area contributed by atoms with Gasteiger partial charge in [0.25, 0.3) is 5.91 Å². The van der Waals surface area contributed by atoms with E-state index in [1.807, 2.05) is 50.2 Å². The third-order valence-corrected chi connectivity index (χ3v) is 8.15. The zero-order valence-electron chi connectivity index (χ0n) is 26.5. The maximum atomic E-state index is 12.3. The maximum Gasteiger partial charge on any atom is 0.251 e. The minimum absolute atomic E-state index is 0.0281. The van der Waals surface area contributed by atoms with Gasteiger partial charge in [0, 0.05) is 38.3 Å². The van der Waals surface area contributed by atoms with E-state index < -0.39 is 10.1 Å². The van der Waals surface area contributed by atoms with Crippen molar-refractivity contribution in [2.75, 3.05) is 52.7 Å². The first-order valence-corrected chi connectivity index (χ1v) is 16.7. The minimum Gasteiger partial charge on any atom is -0.744 e. The number of benzene rings is 2. The predicted octanol–water partition coefficient (Wildman–Crippen LogP) is 6.77. The number of unbranched alkanes of at least 4 members (excludes halogenated alkanes) is 9. The molecule has 0 unspecified atom stereocenters. The number of quaternary nitrogens is 1. The number of nitrogens with one attached hydrogen (secondary N) is 1. The third kappa shape index (κ3) is 17.2. The Morgan fingerprint density at radius 1 is 0.780 bits per heavy atom. The van der Waals surface area contributed by atoms with E-state index in [0.29, 0.717) is 0 Å². The Morgan fingerprint density at radius 2 is 1.27 bits per heavy atom. The SMILES string of the molecule is CCCCCCCCCCCC[N+](C)(C)CCCNC(=O)c1ccc(N(C)C)cc1.Cc1ccc(S(=O)(=O)[O-])cc1. The van der Waals surface area contributed by atoms with E-state index in [4.69, 9.17) is 0 Å². The highest BCUT2D eigenvalue weighted by Crippen LogP contribution is 2.13. The van der Waals surface area contributed by atoms with E-state index in [1.54, 1.807) is 12.1 Å². The summed E-state index contributed by atoms with van der Waals surface area (Å²) in [7, 11) is 4.37. The van der Waals surface area contributed by atoms with Gasteiger partial charge in [0.1, 0.15) is 10.1 Å². The number of hydrogen-bond donors (Lipinski definition) is 1. The van der Waals surface area contributed by atoms with Gasteiger partial charge >= 0.3 is 0 Å². The molecule has 0 saturated carbocycles. The van der Waals surface area contributed by atoms with Crippen LogP contribution in [0.3, 0.4) is 0 Å². The molecule has 0 heterocycles. The van der Waals surface area contributed by atoms with E-state index in [-0.39, 0.29) is 10.8 Å². The second-order valence-corrected chi connectivity index (χ2v) is 13.3. The number of aryl methyl sites for hydroxylation is 1. The van der Waals surface area contributed by atoms with Crippen LogP contribution in [0.15, 0.2) is 53.4 Å². The van der Waals surface area contributed by atoms with Crippen molar-refractivity contribution in [2.24, 2.45) is 0 Å². The highest BCUT2D eigenvalue weighted by Gasteiger charge is 2.14. The number of carbonyl (C=O) groups is 1. The van der Waals surface area contributed by atoms with Crippen LogP contribution in [0.4, 0.5) is 5.69 Å². The van der Waals surface area contributed by atoms with Crippen molar-refractivity contribution in [1.82, 2.24) is 5.32 Å². The average molecular weight is 590 g/mol. The van der Waals surface area contributed by atoms with Gasteiger partial charge in [-0.2, -0.15) is 0 Å². The Kier molecular flexibility index (Phi) is 17.5. The topological polar surface area (TPSA) is 89.5 Å². The standard InChI is InChI=1S/C26H47N3O.C7H8O3S/c1-6-7-8-9-10-11-12-13-14-15-22-29(4,5)23-16-21-27-26(30)24-17-19-25(20-18-24)28(2)3;1-6-2-4-7(5-3-6)11(8,9)10/h17-20H,6-16,21-23H2,1-5H3;2-5H,1H3,(H,8,9,10). The minimum atomic E-state index is -4.27. The summed E-state index contributed by atoms with van der Waals surface area (Å²) in [4.78, 5) is 14.2. The first-order valence-electron chi connectivity index (χ1n) is 15.3. The molecule has 1 N–H and O–H groups in total. The van der Waals surface area contributed by atoms with Crippen molar-refractivity contribution in [3.8, 4) is 0 Å². The molecular formula is C33H55N3O4S. The van der Waals surface area contributed by atoms with Crippen molar-refractivity contribution in [3.63, 3.8) is 0 Å². The first-order chi connectivity index (χ1) is 19.4. The number of anilines is 1. The molecule has 0 atom stereocenters.